The zero-order valence-corrected chi connectivity index (χ0v) is 12.4. The Hall–Kier alpha value is -0.870. The molecule has 0 aromatic heterocycles. The number of hydrazine groups is 1. The molecular formula is C14H19BrN2O. The summed E-state index contributed by atoms with van der Waals surface area (Å²) in [5, 5.41) is 2.09. The Morgan fingerprint density at radius 3 is 2.33 bits per heavy atom. The van der Waals surface area contributed by atoms with Gasteiger partial charge >= 0.3 is 0 Å². The summed E-state index contributed by atoms with van der Waals surface area (Å²) in [6.45, 7) is 4.33. The number of halogens is 1. The molecule has 0 radical (unpaired) electrons. The molecule has 0 spiro atoms. The van der Waals surface area contributed by atoms with Crippen LogP contribution in [0, 0.1) is 0 Å². The zero-order chi connectivity index (χ0) is 13.1. The van der Waals surface area contributed by atoms with Crippen molar-refractivity contribution in [1.82, 2.24) is 10.4 Å². The maximum absolute atomic E-state index is 12.1. The normalized spacial score (nSPS) is 24.8. The maximum Gasteiger partial charge on any atom is 0.265 e. The summed E-state index contributed by atoms with van der Waals surface area (Å²) < 4.78 is 0.985. The Labute approximate surface area is 117 Å². The zero-order valence-electron chi connectivity index (χ0n) is 10.8. The lowest BCUT2D eigenvalue weighted by molar-refractivity contribution is 0.0370. The number of carbonyl (C=O) groups is 1. The minimum Gasteiger partial charge on any atom is -0.284 e. The van der Waals surface area contributed by atoms with Crippen molar-refractivity contribution in [2.75, 3.05) is 0 Å². The number of carbonyl (C=O) groups excluding carboxylic acids is 1. The van der Waals surface area contributed by atoms with E-state index in [0.29, 0.717) is 17.6 Å². The van der Waals surface area contributed by atoms with E-state index in [9.17, 15) is 4.79 Å². The molecule has 0 unspecified atom stereocenters. The SMILES string of the molecule is C[C@H]1CCC[C@H](C)N1NC(=O)c1ccc(Br)cc1. The van der Waals surface area contributed by atoms with Gasteiger partial charge in [0.25, 0.3) is 5.91 Å². The van der Waals surface area contributed by atoms with Gasteiger partial charge in [-0.3, -0.25) is 10.2 Å². The van der Waals surface area contributed by atoms with Gasteiger partial charge in [-0.15, -0.1) is 0 Å². The monoisotopic (exact) mass is 310 g/mol. The minimum absolute atomic E-state index is 0.0249. The topological polar surface area (TPSA) is 32.3 Å². The fourth-order valence-corrected chi connectivity index (χ4v) is 2.69. The lowest BCUT2D eigenvalue weighted by Crippen LogP contribution is -2.54. The van der Waals surface area contributed by atoms with E-state index in [-0.39, 0.29) is 5.91 Å². The number of piperidine rings is 1. The second kappa shape index (κ2) is 5.85. The molecule has 18 heavy (non-hydrogen) atoms. The van der Waals surface area contributed by atoms with E-state index in [1.807, 2.05) is 24.3 Å². The van der Waals surface area contributed by atoms with Crippen LogP contribution in [0.1, 0.15) is 43.5 Å². The average molecular weight is 311 g/mol. The van der Waals surface area contributed by atoms with Gasteiger partial charge in [-0.2, -0.15) is 0 Å². The second-order valence-electron chi connectivity index (χ2n) is 4.98. The van der Waals surface area contributed by atoms with E-state index in [4.69, 9.17) is 0 Å². The van der Waals surface area contributed by atoms with Crippen molar-refractivity contribution in [3.8, 4) is 0 Å². The Balaban J connectivity index is 2.04. The fraction of sp³-hybridized carbons (Fsp3) is 0.500. The van der Waals surface area contributed by atoms with Crippen molar-refractivity contribution >= 4 is 21.8 Å². The first-order chi connectivity index (χ1) is 8.58. The minimum atomic E-state index is -0.0249. The number of nitrogens with one attached hydrogen (secondary N) is 1. The number of hydrogen-bond acceptors (Lipinski definition) is 2. The van der Waals surface area contributed by atoms with E-state index < -0.39 is 0 Å². The summed E-state index contributed by atoms with van der Waals surface area (Å²) in [4.78, 5) is 12.1. The van der Waals surface area contributed by atoms with Gasteiger partial charge in [0.1, 0.15) is 0 Å². The predicted octanol–water partition coefficient (Wildman–Crippen LogP) is 3.36. The molecule has 2 rings (SSSR count). The largest absolute Gasteiger partial charge is 0.284 e. The van der Waals surface area contributed by atoms with Crippen LogP contribution in [0.4, 0.5) is 0 Å². The molecule has 1 aromatic carbocycles. The van der Waals surface area contributed by atoms with Crippen molar-refractivity contribution in [3.05, 3.63) is 34.3 Å². The molecule has 0 saturated carbocycles. The van der Waals surface area contributed by atoms with Crippen molar-refractivity contribution < 1.29 is 4.79 Å². The molecule has 1 fully saturated rings. The molecule has 0 bridgehead atoms. The molecule has 1 aromatic rings. The highest BCUT2D eigenvalue weighted by Crippen LogP contribution is 2.20. The van der Waals surface area contributed by atoms with Crippen LogP contribution in [-0.4, -0.2) is 23.0 Å². The quantitative estimate of drug-likeness (QED) is 0.908. The smallest absolute Gasteiger partial charge is 0.265 e. The lowest BCUT2D eigenvalue weighted by Gasteiger charge is -2.38. The molecular weight excluding hydrogens is 292 g/mol. The summed E-state index contributed by atoms with van der Waals surface area (Å²) in [6, 6.07) is 8.26. The van der Waals surface area contributed by atoms with Gasteiger partial charge in [-0.1, -0.05) is 22.4 Å². The standard InChI is InChI=1S/C14H19BrN2O/c1-10-4-3-5-11(2)17(10)16-14(18)12-6-8-13(15)9-7-12/h6-11H,3-5H2,1-2H3,(H,16,18)/t10-,11-/m0/s1. The van der Waals surface area contributed by atoms with Crippen molar-refractivity contribution in [1.29, 1.82) is 0 Å². The lowest BCUT2D eigenvalue weighted by atomic mass is 10.00. The summed E-state index contributed by atoms with van der Waals surface area (Å²) in [5.74, 6) is -0.0249. The Kier molecular flexibility index (Phi) is 4.40. The van der Waals surface area contributed by atoms with Crippen LogP contribution in [0.25, 0.3) is 0 Å². The van der Waals surface area contributed by atoms with Crippen molar-refractivity contribution in [2.24, 2.45) is 0 Å². The molecule has 1 N–H and O–H groups in total. The van der Waals surface area contributed by atoms with Crippen molar-refractivity contribution in [3.63, 3.8) is 0 Å². The Bertz CT molecular complexity index is 408. The fourth-order valence-electron chi connectivity index (χ4n) is 2.42. The van der Waals surface area contributed by atoms with E-state index in [0.717, 1.165) is 17.3 Å². The third-order valence-electron chi connectivity index (χ3n) is 3.53. The Morgan fingerprint density at radius 2 is 1.78 bits per heavy atom. The highest BCUT2D eigenvalue weighted by atomic mass is 79.9. The number of benzene rings is 1. The summed E-state index contributed by atoms with van der Waals surface area (Å²) in [7, 11) is 0. The molecule has 1 aliphatic heterocycles. The molecule has 4 heteroatoms. The van der Waals surface area contributed by atoms with Crippen LogP contribution < -0.4 is 5.43 Å². The summed E-state index contributed by atoms with van der Waals surface area (Å²) in [6.07, 6.45) is 3.53. The number of nitrogens with zero attached hydrogens (tertiary/aromatic N) is 1. The van der Waals surface area contributed by atoms with Gasteiger partial charge in [0.05, 0.1) is 0 Å². The number of amides is 1. The van der Waals surface area contributed by atoms with Crippen LogP contribution in [0.15, 0.2) is 28.7 Å². The van der Waals surface area contributed by atoms with E-state index >= 15 is 0 Å². The molecule has 3 nitrogen and oxygen atoms in total. The van der Waals surface area contributed by atoms with Crippen LogP contribution in [0.5, 0.6) is 0 Å². The van der Waals surface area contributed by atoms with E-state index in [1.165, 1.54) is 6.42 Å². The van der Waals surface area contributed by atoms with Crippen LogP contribution >= 0.6 is 15.9 Å². The third-order valence-corrected chi connectivity index (χ3v) is 4.06. The van der Waals surface area contributed by atoms with Gasteiger partial charge in [-0.25, -0.2) is 5.01 Å². The van der Waals surface area contributed by atoms with Crippen LogP contribution in [0.2, 0.25) is 0 Å². The third kappa shape index (κ3) is 3.12. The van der Waals surface area contributed by atoms with Gasteiger partial charge in [0, 0.05) is 22.1 Å². The molecule has 98 valence electrons. The molecule has 0 aliphatic carbocycles. The van der Waals surface area contributed by atoms with Gasteiger partial charge in [0.2, 0.25) is 0 Å². The van der Waals surface area contributed by atoms with E-state index in [2.05, 4.69) is 40.2 Å². The molecule has 1 saturated heterocycles. The maximum atomic E-state index is 12.1. The molecule has 1 aliphatic rings. The Morgan fingerprint density at radius 1 is 1.22 bits per heavy atom. The first-order valence-electron chi connectivity index (χ1n) is 6.43. The number of hydrogen-bond donors (Lipinski definition) is 1. The van der Waals surface area contributed by atoms with Crippen molar-refractivity contribution in [2.45, 2.75) is 45.2 Å². The molecule has 1 amide bonds. The first-order valence-corrected chi connectivity index (χ1v) is 7.22. The summed E-state index contributed by atoms with van der Waals surface area (Å²) >= 11 is 3.37. The van der Waals surface area contributed by atoms with Gasteiger partial charge < -0.3 is 0 Å². The second-order valence-corrected chi connectivity index (χ2v) is 5.90. The van der Waals surface area contributed by atoms with Gasteiger partial charge in [0.15, 0.2) is 0 Å². The van der Waals surface area contributed by atoms with E-state index in [1.54, 1.807) is 0 Å². The highest BCUT2D eigenvalue weighted by Gasteiger charge is 2.26. The number of rotatable bonds is 2. The van der Waals surface area contributed by atoms with Gasteiger partial charge in [-0.05, 0) is 51.0 Å². The predicted molar refractivity (Wildman–Crippen MR) is 76.2 cm³/mol. The highest BCUT2D eigenvalue weighted by molar-refractivity contribution is 9.10. The molecule has 2 atom stereocenters. The van der Waals surface area contributed by atoms with Crippen LogP contribution in [0.3, 0.4) is 0 Å². The average Bonchev–Trinajstić information content (AvgIpc) is 2.34. The van der Waals surface area contributed by atoms with Crippen LogP contribution in [-0.2, 0) is 0 Å². The summed E-state index contributed by atoms with van der Waals surface area (Å²) in [5.41, 5.74) is 3.73. The molecule has 1 heterocycles. The first kappa shape index (κ1) is 13.6.